The van der Waals surface area contributed by atoms with Crippen molar-refractivity contribution in [1.29, 1.82) is 0 Å². The Morgan fingerprint density at radius 3 is 2.79 bits per heavy atom. The molecule has 5 heterocycles. The Morgan fingerprint density at radius 2 is 1.95 bits per heavy atom. The van der Waals surface area contributed by atoms with Gasteiger partial charge in [0.1, 0.15) is 23.4 Å². The van der Waals surface area contributed by atoms with E-state index in [1.807, 2.05) is 37.4 Å². The molecule has 1 fully saturated rings. The number of hydrogen-bond acceptors (Lipinski definition) is 6. The molecule has 196 valence electrons. The zero-order valence-corrected chi connectivity index (χ0v) is 21.5. The first-order valence-electron chi connectivity index (χ1n) is 12.9. The molecule has 0 unspecified atom stereocenters. The van der Waals surface area contributed by atoms with Gasteiger partial charge < -0.3 is 15.0 Å². The monoisotopic (exact) mass is 521 g/mol. The first kappa shape index (κ1) is 24.7. The summed E-state index contributed by atoms with van der Waals surface area (Å²) in [6, 6.07) is 8.41. The molecular formula is C30H28FN7O. The van der Waals surface area contributed by atoms with E-state index in [2.05, 4.69) is 37.0 Å². The molecule has 3 N–H and O–H groups in total. The van der Waals surface area contributed by atoms with Crippen molar-refractivity contribution >= 4 is 29.3 Å². The normalized spacial score (nSPS) is 15.2. The maximum atomic E-state index is 13.8. The van der Waals surface area contributed by atoms with Crippen molar-refractivity contribution in [2.24, 2.45) is 0 Å². The molecule has 6 rings (SSSR count). The number of imidazole rings is 1. The van der Waals surface area contributed by atoms with Gasteiger partial charge in [-0.2, -0.15) is 5.10 Å². The predicted molar refractivity (Wildman–Crippen MR) is 151 cm³/mol. The summed E-state index contributed by atoms with van der Waals surface area (Å²) in [4.78, 5) is 16.7. The number of benzene rings is 1. The molecule has 0 saturated carbocycles. The number of ether oxygens (including phenoxy) is 1. The molecule has 0 amide bonds. The zero-order chi connectivity index (χ0) is 26.8. The average Bonchev–Trinajstić information content (AvgIpc) is 3.55. The van der Waals surface area contributed by atoms with E-state index in [9.17, 15) is 4.39 Å². The lowest BCUT2D eigenvalue weighted by atomic mass is 10.1. The second-order valence-corrected chi connectivity index (χ2v) is 9.64. The molecule has 0 radical (unpaired) electrons. The highest BCUT2D eigenvalue weighted by Gasteiger charge is 2.16. The lowest BCUT2D eigenvalue weighted by molar-refractivity contribution is 0.162. The fraction of sp³-hybridized carbons (Fsp3) is 0.200. The van der Waals surface area contributed by atoms with E-state index in [-0.39, 0.29) is 11.9 Å². The molecule has 1 saturated heterocycles. The van der Waals surface area contributed by atoms with E-state index in [1.54, 1.807) is 24.7 Å². The number of rotatable bonds is 6. The second kappa shape index (κ2) is 10.6. The van der Waals surface area contributed by atoms with Gasteiger partial charge in [0.05, 0.1) is 28.8 Å². The van der Waals surface area contributed by atoms with Crippen LogP contribution in [0.5, 0.6) is 5.75 Å². The SMILES string of the molecule is C=c1c(-c2nc3c(-c4cccc(F)c4)cncc3[nH]2)n[nH]/c1=C/C=C(\C)c1cncc(OC2CCNCC2)c1. The molecule has 0 atom stereocenters. The van der Waals surface area contributed by atoms with Crippen LogP contribution in [-0.4, -0.2) is 49.3 Å². The molecule has 1 aliphatic rings. The molecule has 9 heteroatoms. The van der Waals surface area contributed by atoms with Crippen molar-refractivity contribution < 1.29 is 9.13 Å². The summed E-state index contributed by atoms with van der Waals surface area (Å²) in [5, 5.41) is 12.4. The number of H-pyrrole nitrogens is 2. The molecule has 4 aromatic heterocycles. The minimum absolute atomic E-state index is 0.218. The van der Waals surface area contributed by atoms with E-state index in [4.69, 9.17) is 9.72 Å². The third-order valence-electron chi connectivity index (χ3n) is 6.91. The summed E-state index contributed by atoms with van der Waals surface area (Å²) in [5.74, 6) is 1.03. The van der Waals surface area contributed by atoms with E-state index in [0.29, 0.717) is 27.8 Å². The highest BCUT2D eigenvalue weighted by molar-refractivity contribution is 5.92. The molecule has 0 bridgehead atoms. The van der Waals surface area contributed by atoms with E-state index in [0.717, 1.165) is 59.2 Å². The van der Waals surface area contributed by atoms with Gasteiger partial charge >= 0.3 is 0 Å². The van der Waals surface area contributed by atoms with Gasteiger partial charge in [0.25, 0.3) is 0 Å². The van der Waals surface area contributed by atoms with Crippen LogP contribution in [0.4, 0.5) is 4.39 Å². The lowest BCUT2D eigenvalue weighted by Gasteiger charge is -2.23. The Bertz CT molecular complexity index is 1780. The van der Waals surface area contributed by atoms with Crippen LogP contribution in [-0.2, 0) is 0 Å². The topological polar surface area (TPSA) is 104 Å². The van der Waals surface area contributed by atoms with Gasteiger partial charge in [0, 0.05) is 23.2 Å². The predicted octanol–water partition coefficient (Wildman–Crippen LogP) is 3.97. The van der Waals surface area contributed by atoms with E-state index >= 15 is 0 Å². The molecule has 5 aromatic rings. The Balaban J connectivity index is 1.27. The standard InChI is InChI=1S/C30H28FN7O/c1-18(21-13-24(15-33-14-21)39-23-8-10-32-11-9-23)6-7-26-19(2)28(38-37-26)30-35-27-17-34-16-25(29(27)36-30)20-4-3-5-22(31)12-20/h3-7,12-17,23,32,37H,2,8-11H2,1H3,(H,35,36)/b18-6+,26-7+. The highest BCUT2D eigenvalue weighted by Crippen LogP contribution is 2.28. The summed E-state index contributed by atoms with van der Waals surface area (Å²) in [5.41, 5.74) is 5.48. The molecule has 1 aliphatic heterocycles. The van der Waals surface area contributed by atoms with Crippen LogP contribution >= 0.6 is 0 Å². The molecule has 8 nitrogen and oxygen atoms in total. The number of halogens is 1. The number of aromatic nitrogens is 6. The average molecular weight is 522 g/mol. The van der Waals surface area contributed by atoms with Crippen molar-refractivity contribution in [2.45, 2.75) is 25.9 Å². The first-order valence-corrected chi connectivity index (χ1v) is 12.9. The van der Waals surface area contributed by atoms with Gasteiger partial charge in [-0.25, -0.2) is 9.37 Å². The number of nitrogens with one attached hydrogen (secondary N) is 3. The van der Waals surface area contributed by atoms with Crippen LogP contribution in [0.1, 0.15) is 25.3 Å². The van der Waals surface area contributed by atoms with Crippen molar-refractivity contribution in [3.05, 3.63) is 83.1 Å². The first-order chi connectivity index (χ1) is 19.0. The fourth-order valence-corrected chi connectivity index (χ4v) is 4.73. The van der Waals surface area contributed by atoms with Crippen molar-refractivity contribution in [1.82, 2.24) is 35.5 Å². The maximum absolute atomic E-state index is 13.8. The van der Waals surface area contributed by atoms with Crippen molar-refractivity contribution in [3.63, 3.8) is 0 Å². The number of fused-ring (bicyclic) bond motifs is 1. The smallest absolute Gasteiger partial charge is 0.159 e. The number of nitrogens with zero attached hydrogens (tertiary/aromatic N) is 4. The summed E-state index contributed by atoms with van der Waals surface area (Å²) in [6.07, 6.45) is 13.1. The Morgan fingerprint density at radius 1 is 1.10 bits per heavy atom. The molecule has 0 aliphatic carbocycles. The molecule has 39 heavy (non-hydrogen) atoms. The number of allylic oxidation sites excluding steroid dienone is 2. The minimum Gasteiger partial charge on any atom is -0.489 e. The summed E-state index contributed by atoms with van der Waals surface area (Å²) < 4.78 is 20.0. The van der Waals surface area contributed by atoms with Crippen LogP contribution in [0.3, 0.4) is 0 Å². The minimum atomic E-state index is -0.312. The van der Waals surface area contributed by atoms with Crippen molar-refractivity contribution in [2.75, 3.05) is 13.1 Å². The summed E-state index contributed by atoms with van der Waals surface area (Å²) in [6.45, 7) is 8.21. The second-order valence-electron chi connectivity index (χ2n) is 9.64. The highest BCUT2D eigenvalue weighted by atomic mass is 19.1. The van der Waals surface area contributed by atoms with Crippen LogP contribution in [0.2, 0.25) is 0 Å². The fourth-order valence-electron chi connectivity index (χ4n) is 4.73. The number of aromatic amines is 2. The van der Waals surface area contributed by atoms with E-state index < -0.39 is 0 Å². The van der Waals surface area contributed by atoms with Crippen LogP contribution in [0.15, 0.2) is 61.2 Å². The molecule has 1 aromatic carbocycles. The summed E-state index contributed by atoms with van der Waals surface area (Å²) >= 11 is 0. The Hall–Kier alpha value is -4.63. The maximum Gasteiger partial charge on any atom is 0.159 e. The van der Waals surface area contributed by atoms with Gasteiger partial charge in [0.15, 0.2) is 5.82 Å². The largest absolute Gasteiger partial charge is 0.489 e. The number of piperidine rings is 1. The van der Waals surface area contributed by atoms with Crippen molar-refractivity contribution in [3.8, 4) is 28.4 Å². The third kappa shape index (κ3) is 5.21. The Labute approximate surface area is 224 Å². The number of hydrogen-bond donors (Lipinski definition) is 3. The van der Waals surface area contributed by atoms with Gasteiger partial charge in [-0.15, -0.1) is 0 Å². The lowest BCUT2D eigenvalue weighted by Crippen LogP contribution is -2.34. The van der Waals surface area contributed by atoms with Crippen LogP contribution in [0.25, 0.3) is 51.9 Å². The molecule has 0 spiro atoms. The third-order valence-corrected chi connectivity index (χ3v) is 6.91. The van der Waals surface area contributed by atoms with Crippen LogP contribution in [0, 0.1) is 5.82 Å². The zero-order valence-electron chi connectivity index (χ0n) is 21.5. The quantitative estimate of drug-likeness (QED) is 0.312. The van der Waals surface area contributed by atoms with Gasteiger partial charge in [-0.1, -0.05) is 24.8 Å². The van der Waals surface area contributed by atoms with Gasteiger partial charge in [-0.3, -0.25) is 15.1 Å². The van der Waals surface area contributed by atoms with E-state index in [1.165, 1.54) is 12.1 Å². The Kier molecular flexibility index (Phi) is 6.73. The summed E-state index contributed by atoms with van der Waals surface area (Å²) in [7, 11) is 0. The number of pyridine rings is 2. The van der Waals surface area contributed by atoms with Gasteiger partial charge in [0.2, 0.25) is 0 Å². The molecular weight excluding hydrogens is 493 g/mol. The van der Waals surface area contributed by atoms with Crippen LogP contribution < -0.4 is 20.6 Å². The van der Waals surface area contributed by atoms with Gasteiger partial charge in [-0.05, 0) is 73.8 Å².